The number of thioether (sulfide) groups is 1. The first kappa shape index (κ1) is 15.7. The second-order valence-corrected chi connectivity index (χ2v) is 6.03. The van der Waals surface area contributed by atoms with Crippen LogP contribution in [0.25, 0.3) is 0 Å². The predicted molar refractivity (Wildman–Crippen MR) is 84.4 cm³/mol. The van der Waals surface area contributed by atoms with Crippen LogP contribution >= 0.6 is 11.8 Å². The third-order valence-electron chi connectivity index (χ3n) is 3.47. The fraction of sp³-hybridized carbons (Fsp3) is 0.467. The SMILES string of the molecule is CCOC(=O)C1CSCCN1C(=O)c1c(C)cccc1N. The Labute approximate surface area is 128 Å². The first-order valence-electron chi connectivity index (χ1n) is 6.96. The zero-order valence-electron chi connectivity index (χ0n) is 12.3. The summed E-state index contributed by atoms with van der Waals surface area (Å²) in [6.45, 7) is 4.45. The molecule has 1 aliphatic rings. The van der Waals surface area contributed by atoms with Crippen LogP contribution in [0.1, 0.15) is 22.8 Å². The summed E-state index contributed by atoms with van der Waals surface area (Å²) < 4.78 is 5.08. The van der Waals surface area contributed by atoms with Crippen LogP contribution in [0, 0.1) is 6.92 Å². The summed E-state index contributed by atoms with van der Waals surface area (Å²) in [5, 5.41) is 0. The maximum absolute atomic E-state index is 12.8. The van der Waals surface area contributed by atoms with E-state index in [1.165, 1.54) is 0 Å². The highest BCUT2D eigenvalue weighted by atomic mass is 32.2. The molecule has 114 valence electrons. The number of nitrogens with zero attached hydrogens (tertiary/aromatic N) is 1. The van der Waals surface area contributed by atoms with Gasteiger partial charge >= 0.3 is 5.97 Å². The fourth-order valence-electron chi connectivity index (χ4n) is 2.41. The number of amides is 1. The molecule has 1 atom stereocenters. The summed E-state index contributed by atoms with van der Waals surface area (Å²) in [7, 11) is 0. The lowest BCUT2D eigenvalue weighted by Crippen LogP contribution is -2.51. The molecule has 6 heteroatoms. The molecule has 0 radical (unpaired) electrons. The molecule has 0 saturated carbocycles. The number of carbonyl (C=O) groups is 2. The summed E-state index contributed by atoms with van der Waals surface area (Å²) in [4.78, 5) is 26.4. The van der Waals surface area contributed by atoms with E-state index < -0.39 is 6.04 Å². The zero-order chi connectivity index (χ0) is 15.4. The molecule has 2 rings (SSSR count). The van der Waals surface area contributed by atoms with Crippen molar-refractivity contribution in [3.63, 3.8) is 0 Å². The van der Waals surface area contributed by atoms with Gasteiger partial charge in [-0.05, 0) is 25.5 Å². The van der Waals surface area contributed by atoms with E-state index >= 15 is 0 Å². The van der Waals surface area contributed by atoms with Crippen LogP contribution in [0.5, 0.6) is 0 Å². The van der Waals surface area contributed by atoms with E-state index in [2.05, 4.69) is 0 Å². The lowest BCUT2D eigenvalue weighted by Gasteiger charge is -2.34. The number of anilines is 1. The first-order chi connectivity index (χ1) is 10.1. The first-order valence-corrected chi connectivity index (χ1v) is 8.12. The van der Waals surface area contributed by atoms with Gasteiger partial charge in [-0.15, -0.1) is 0 Å². The summed E-state index contributed by atoms with van der Waals surface area (Å²) in [5.41, 5.74) is 7.69. The minimum Gasteiger partial charge on any atom is -0.464 e. The molecule has 1 fully saturated rings. The Kier molecular flexibility index (Phi) is 5.12. The Hall–Kier alpha value is -1.69. The van der Waals surface area contributed by atoms with Gasteiger partial charge in [-0.2, -0.15) is 11.8 Å². The van der Waals surface area contributed by atoms with Crippen LogP contribution in [-0.4, -0.2) is 47.5 Å². The molecule has 0 aromatic heterocycles. The van der Waals surface area contributed by atoms with E-state index in [4.69, 9.17) is 10.5 Å². The van der Waals surface area contributed by atoms with Crippen molar-refractivity contribution in [1.82, 2.24) is 4.90 Å². The number of nitrogens with two attached hydrogens (primary N) is 1. The number of hydrogen-bond donors (Lipinski definition) is 1. The molecule has 5 nitrogen and oxygen atoms in total. The molecule has 0 spiro atoms. The Morgan fingerprint density at radius 1 is 1.48 bits per heavy atom. The quantitative estimate of drug-likeness (QED) is 0.679. The maximum atomic E-state index is 12.8. The van der Waals surface area contributed by atoms with E-state index in [-0.39, 0.29) is 11.9 Å². The number of aryl methyl sites for hydroxylation is 1. The maximum Gasteiger partial charge on any atom is 0.329 e. The van der Waals surface area contributed by atoms with Crippen molar-refractivity contribution in [3.8, 4) is 0 Å². The topological polar surface area (TPSA) is 72.6 Å². The zero-order valence-corrected chi connectivity index (χ0v) is 13.1. The Morgan fingerprint density at radius 2 is 2.24 bits per heavy atom. The highest BCUT2D eigenvalue weighted by Gasteiger charge is 2.35. The van der Waals surface area contributed by atoms with Gasteiger partial charge in [0.2, 0.25) is 0 Å². The lowest BCUT2D eigenvalue weighted by molar-refractivity contribution is -0.147. The summed E-state index contributed by atoms with van der Waals surface area (Å²) in [6.07, 6.45) is 0. The molecule has 1 aromatic rings. The second-order valence-electron chi connectivity index (χ2n) is 4.88. The molecule has 1 heterocycles. The normalized spacial score (nSPS) is 18.4. The average molecular weight is 308 g/mol. The molecule has 1 saturated heterocycles. The number of ether oxygens (including phenoxy) is 1. The van der Waals surface area contributed by atoms with Crippen molar-refractivity contribution < 1.29 is 14.3 Å². The van der Waals surface area contributed by atoms with Gasteiger partial charge in [0, 0.05) is 23.7 Å². The molecule has 0 aliphatic carbocycles. The van der Waals surface area contributed by atoms with Crippen LogP contribution in [0.4, 0.5) is 5.69 Å². The number of nitrogen functional groups attached to an aromatic ring is 1. The Morgan fingerprint density at radius 3 is 2.90 bits per heavy atom. The molecule has 21 heavy (non-hydrogen) atoms. The van der Waals surface area contributed by atoms with Gasteiger partial charge in [0.15, 0.2) is 0 Å². The van der Waals surface area contributed by atoms with Crippen molar-refractivity contribution in [2.75, 3.05) is 30.4 Å². The Bertz CT molecular complexity index is 527. The molecular formula is C15H20N2O3S. The van der Waals surface area contributed by atoms with Gasteiger partial charge in [-0.25, -0.2) is 4.79 Å². The number of benzene rings is 1. The standard InChI is InChI=1S/C15H20N2O3S/c1-3-20-15(19)12-9-21-8-7-17(12)14(18)13-10(2)5-4-6-11(13)16/h4-6,12H,3,7-9,16H2,1-2H3. The van der Waals surface area contributed by atoms with Crippen LogP contribution < -0.4 is 5.73 Å². The second kappa shape index (κ2) is 6.85. The van der Waals surface area contributed by atoms with Crippen LogP contribution in [0.2, 0.25) is 0 Å². The van der Waals surface area contributed by atoms with Gasteiger partial charge in [0.05, 0.1) is 12.2 Å². The number of rotatable bonds is 3. The molecule has 0 bridgehead atoms. The molecular weight excluding hydrogens is 288 g/mol. The van der Waals surface area contributed by atoms with Gasteiger partial charge in [0.1, 0.15) is 6.04 Å². The lowest BCUT2D eigenvalue weighted by atomic mass is 10.0. The van der Waals surface area contributed by atoms with Gasteiger partial charge in [-0.1, -0.05) is 12.1 Å². The Balaban J connectivity index is 2.29. The van der Waals surface area contributed by atoms with Gasteiger partial charge < -0.3 is 15.4 Å². The number of carbonyl (C=O) groups excluding carboxylic acids is 2. The summed E-state index contributed by atoms with van der Waals surface area (Å²) >= 11 is 1.66. The highest BCUT2D eigenvalue weighted by molar-refractivity contribution is 7.99. The fourth-order valence-corrected chi connectivity index (χ4v) is 3.44. The van der Waals surface area contributed by atoms with Gasteiger partial charge in [0.25, 0.3) is 5.91 Å². The largest absolute Gasteiger partial charge is 0.464 e. The van der Waals surface area contributed by atoms with Crippen molar-refractivity contribution in [2.24, 2.45) is 0 Å². The van der Waals surface area contributed by atoms with Crippen LogP contribution in [0.3, 0.4) is 0 Å². The third kappa shape index (κ3) is 3.32. The number of hydrogen-bond acceptors (Lipinski definition) is 5. The number of esters is 1. The predicted octanol–water partition coefficient (Wildman–Crippen LogP) is 1.70. The average Bonchev–Trinajstić information content (AvgIpc) is 2.47. The van der Waals surface area contributed by atoms with E-state index in [9.17, 15) is 9.59 Å². The van der Waals surface area contributed by atoms with Crippen molar-refractivity contribution in [1.29, 1.82) is 0 Å². The molecule has 1 aliphatic heterocycles. The van der Waals surface area contributed by atoms with E-state index in [1.54, 1.807) is 29.7 Å². The van der Waals surface area contributed by atoms with Crippen molar-refractivity contribution in [2.45, 2.75) is 19.9 Å². The molecule has 2 N–H and O–H groups in total. The van der Waals surface area contributed by atoms with E-state index in [1.807, 2.05) is 19.1 Å². The molecule has 1 aromatic carbocycles. The minimum absolute atomic E-state index is 0.191. The monoisotopic (exact) mass is 308 g/mol. The van der Waals surface area contributed by atoms with E-state index in [0.29, 0.717) is 30.2 Å². The third-order valence-corrected chi connectivity index (χ3v) is 4.49. The van der Waals surface area contributed by atoms with Crippen LogP contribution in [0.15, 0.2) is 18.2 Å². The van der Waals surface area contributed by atoms with E-state index in [0.717, 1.165) is 11.3 Å². The minimum atomic E-state index is -0.532. The smallest absolute Gasteiger partial charge is 0.329 e. The summed E-state index contributed by atoms with van der Waals surface area (Å²) in [6, 6.07) is 4.84. The highest BCUT2D eigenvalue weighted by Crippen LogP contribution is 2.24. The summed E-state index contributed by atoms with van der Waals surface area (Å²) in [5.74, 6) is 0.846. The van der Waals surface area contributed by atoms with Gasteiger partial charge in [-0.3, -0.25) is 4.79 Å². The van der Waals surface area contributed by atoms with Crippen LogP contribution in [-0.2, 0) is 9.53 Å². The molecule has 1 unspecified atom stereocenters. The van der Waals surface area contributed by atoms with Crippen molar-refractivity contribution >= 4 is 29.3 Å². The molecule has 1 amide bonds. The van der Waals surface area contributed by atoms with Crippen molar-refractivity contribution in [3.05, 3.63) is 29.3 Å².